The van der Waals surface area contributed by atoms with E-state index < -0.39 is 36.1 Å². The van der Waals surface area contributed by atoms with Crippen molar-refractivity contribution in [3.05, 3.63) is 46.8 Å². The summed E-state index contributed by atoms with van der Waals surface area (Å²) in [4.78, 5) is 13.7. The monoisotopic (exact) mass is 372 g/mol. The summed E-state index contributed by atoms with van der Waals surface area (Å²) in [7, 11) is 0. The number of hydrogen-bond donors (Lipinski definition) is 1. The molecule has 1 aliphatic rings. The van der Waals surface area contributed by atoms with Crippen molar-refractivity contribution in [2.45, 2.75) is 38.7 Å². The largest absolute Gasteiger partial charge is 0.392 e. The fourth-order valence-corrected chi connectivity index (χ4v) is 2.91. The number of hydrogen-bond acceptors (Lipinski definition) is 4. The number of aromatic nitrogens is 3. The zero-order valence-electron chi connectivity index (χ0n) is 13.6. The first-order valence-corrected chi connectivity index (χ1v) is 7.95. The van der Waals surface area contributed by atoms with E-state index in [1.807, 2.05) is 0 Å². The van der Waals surface area contributed by atoms with Gasteiger partial charge in [-0.3, -0.25) is 4.79 Å². The summed E-state index contributed by atoms with van der Waals surface area (Å²) in [6.45, 7) is 0.00188. The van der Waals surface area contributed by atoms with Gasteiger partial charge in [0.05, 0.1) is 19.1 Å². The van der Waals surface area contributed by atoms with Crippen LogP contribution in [-0.2, 0) is 31.0 Å². The molecule has 1 aromatic heterocycles. The second kappa shape index (κ2) is 7.40. The molecule has 0 bridgehead atoms. The highest BCUT2D eigenvalue weighted by Crippen LogP contribution is 2.18. The molecule has 26 heavy (non-hydrogen) atoms. The van der Waals surface area contributed by atoms with Gasteiger partial charge in [0.1, 0.15) is 12.5 Å². The topological polar surface area (TPSA) is 71.2 Å². The van der Waals surface area contributed by atoms with Gasteiger partial charge in [0.25, 0.3) is 0 Å². The molecule has 0 unspecified atom stereocenters. The zero-order chi connectivity index (χ0) is 18.8. The lowest BCUT2D eigenvalue weighted by Gasteiger charge is -2.28. The third-order valence-electron chi connectivity index (χ3n) is 4.26. The van der Waals surface area contributed by atoms with Crippen molar-refractivity contribution in [2.75, 3.05) is 6.54 Å². The predicted octanol–water partition coefficient (Wildman–Crippen LogP) is 1.50. The number of halogens is 4. The molecule has 0 aliphatic carbocycles. The highest BCUT2D eigenvalue weighted by atomic mass is 19.2. The highest BCUT2D eigenvalue weighted by Gasteiger charge is 2.26. The number of aliphatic hydroxyl groups is 1. The van der Waals surface area contributed by atoms with E-state index in [0.717, 1.165) is 0 Å². The summed E-state index contributed by atoms with van der Waals surface area (Å²) in [6.07, 6.45) is -1.91. The Morgan fingerprint density at radius 2 is 1.88 bits per heavy atom. The lowest BCUT2D eigenvalue weighted by Crippen LogP contribution is -2.40. The van der Waals surface area contributed by atoms with Crippen LogP contribution in [0.1, 0.15) is 23.6 Å². The molecule has 0 fully saturated rings. The van der Waals surface area contributed by atoms with Crippen molar-refractivity contribution in [3.8, 4) is 0 Å². The van der Waals surface area contributed by atoms with Crippen molar-refractivity contribution in [3.63, 3.8) is 0 Å². The molecule has 0 radical (unpaired) electrons. The molecule has 2 aromatic rings. The predicted molar refractivity (Wildman–Crippen MR) is 80.9 cm³/mol. The van der Waals surface area contributed by atoms with Crippen LogP contribution in [0.15, 0.2) is 12.1 Å². The molecule has 6 nitrogen and oxygen atoms in total. The molecule has 1 N–H and O–H groups in total. The van der Waals surface area contributed by atoms with Crippen LogP contribution >= 0.6 is 0 Å². The standard InChI is InChI=1S/C16H16F4N4O2/c17-7-14-21-22-15-8-23(1-2-24(14)15)16(26)5-10(25)3-9-4-12(19)13(20)6-11(9)18/h4,6,10,25H,1-3,5,7-8H2/t10-/m0/s1. The van der Waals surface area contributed by atoms with Gasteiger partial charge in [0.15, 0.2) is 23.3 Å². The van der Waals surface area contributed by atoms with E-state index in [4.69, 9.17) is 0 Å². The zero-order valence-corrected chi connectivity index (χ0v) is 13.6. The highest BCUT2D eigenvalue weighted by molar-refractivity contribution is 5.76. The van der Waals surface area contributed by atoms with Crippen LogP contribution in [-0.4, -0.2) is 43.3 Å². The minimum atomic E-state index is -1.32. The van der Waals surface area contributed by atoms with Gasteiger partial charge in [0, 0.05) is 25.6 Å². The van der Waals surface area contributed by atoms with Crippen LogP contribution in [0, 0.1) is 17.5 Å². The molecule has 0 spiro atoms. The Hall–Kier alpha value is -2.49. The Morgan fingerprint density at radius 1 is 1.15 bits per heavy atom. The second-order valence-corrected chi connectivity index (χ2v) is 6.05. The molecule has 1 aromatic carbocycles. The van der Waals surface area contributed by atoms with Crippen molar-refractivity contribution < 1.29 is 27.5 Å². The van der Waals surface area contributed by atoms with Gasteiger partial charge in [-0.25, -0.2) is 17.6 Å². The van der Waals surface area contributed by atoms with Gasteiger partial charge < -0.3 is 14.6 Å². The lowest BCUT2D eigenvalue weighted by molar-refractivity contribution is -0.134. The quantitative estimate of drug-likeness (QED) is 0.638. The number of aliphatic hydroxyl groups excluding tert-OH is 1. The van der Waals surface area contributed by atoms with Crippen molar-refractivity contribution in [1.82, 2.24) is 19.7 Å². The van der Waals surface area contributed by atoms with E-state index >= 15 is 0 Å². The SMILES string of the molecule is O=C(C[C@@H](O)Cc1cc(F)c(F)cc1F)N1CCn2c(CF)nnc2C1. The third-order valence-corrected chi connectivity index (χ3v) is 4.26. The smallest absolute Gasteiger partial charge is 0.225 e. The molecule has 1 atom stereocenters. The van der Waals surface area contributed by atoms with E-state index in [1.54, 1.807) is 4.57 Å². The van der Waals surface area contributed by atoms with Crippen LogP contribution in [0.25, 0.3) is 0 Å². The van der Waals surface area contributed by atoms with Crippen LogP contribution in [0.5, 0.6) is 0 Å². The Morgan fingerprint density at radius 3 is 2.62 bits per heavy atom. The van der Waals surface area contributed by atoms with E-state index in [-0.39, 0.29) is 30.8 Å². The fraction of sp³-hybridized carbons (Fsp3) is 0.438. The first-order valence-electron chi connectivity index (χ1n) is 7.95. The van der Waals surface area contributed by atoms with E-state index in [1.165, 1.54) is 4.90 Å². The molecule has 2 heterocycles. The second-order valence-electron chi connectivity index (χ2n) is 6.05. The van der Waals surface area contributed by atoms with Crippen molar-refractivity contribution in [2.24, 2.45) is 0 Å². The summed E-state index contributed by atoms with van der Waals surface area (Å²) < 4.78 is 54.1. The molecule has 3 rings (SSSR count). The first-order chi connectivity index (χ1) is 12.4. The molecule has 140 valence electrons. The molecule has 0 saturated heterocycles. The summed E-state index contributed by atoms with van der Waals surface area (Å²) >= 11 is 0. The van der Waals surface area contributed by atoms with Gasteiger partial charge in [-0.05, 0) is 11.6 Å². The fourth-order valence-electron chi connectivity index (χ4n) is 2.91. The average Bonchev–Trinajstić information content (AvgIpc) is 3.01. The number of carbonyl (C=O) groups is 1. The first kappa shape index (κ1) is 18.3. The molecule has 1 amide bonds. The summed E-state index contributed by atoms with van der Waals surface area (Å²) in [5, 5.41) is 17.5. The van der Waals surface area contributed by atoms with Crippen LogP contribution < -0.4 is 0 Å². The number of carbonyl (C=O) groups excluding carboxylic acids is 1. The molecule has 0 saturated carbocycles. The van der Waals surface area contributed by atoms with Crippen LogP contribution in [0.3, 0.4) is 0 Å². The summed E-state index contributed by atoms with van der Waals surface area (Å²) in [5.41, 5.74) is -0.213. The van der Waals surface area contributed by atoms with Gasteiger partial charge in [-0.1, -0.05) is 0 Å². The number of fused-ring (bicyclic) bond motifs is 1. The Balaban J connectivity index is 1.60. The number of nitrogens with zero attached hydrogens (tertiary/aromatic N) is 4. The minimum Gasteiger partial charge on any atom is -0.392 e. The maximum Gasteiger partial charge on any atom is 0.225 e. The normalized spacial score (nSPS) is 15.0. The van der Waals surface area contributed by atoms with Crippen molar-refractivity contribution in [1.29, 1.82) is 0 Å². The molecular weight excluding hydrogens is 356 g/mol. The Kier molecular flexibility index (Phi) is 5.21. The van der Waals surface area contributed by atoms with Crippen LogP contribution in [0.4, 0.5) is 17.6 Å². The third kappa shape index (κ3) is 3.69. The number of benzene rings is 1. The summed E-state index contributed by atoms with van der Waals surface area (Å²) in [6, 6.07) is 1.07. The molecule has 10 heteroatoms. The van der Waals surface area contributed by atoms with Gasteiger partial charge in [0.2, 0.25) is 5.91 Å². The summed E-state index contributed by atoms with van der Waals surface area (Å²) in [5.74, 6) is -3.29. The molecular formula is C16H16F4N4O2. The Bertz CT molecular complexity index is 827. The van der Waals surface area contributed by atoms with E-state index in [2.05, 4.69) is 10.2 Å². The van der Waals surface area contributed by atoms with E-state index in [9.17, 15) is 27.5 Å². The lowest BCUT2D eigenvalue weighted by atomic mass is 10.0. The van der Waals surface area contributed by atoms with E-state index in [0.29, 0.717) is 31.0 Å². The maximum atomic E-state index is 13.6. The Labute approximate surface area is 146 Å². The minimum absolute atomic E-state index is 0.123. The van der Waals surface area contributed by atoms with Crippen LogP contribution in [0.2, 0.25) is 0 Å². The average molecular weight is 372 g/mol. The number of amides is 1. The number of rotatable bonds is 5. The van der Waals surface area contributed by atoms with Crippen molar-refractivity contribution >= 4 is 5.91 Å². The van der Waals surface area contributed by atoms with Gasteiger partial charge in [-0.15, -0.1) is 10.2 Å². The maximum absolute atomic E-state index is 13.6. The molecule has 1 aliphatic heterocycles. The van der Waals surface area contributed by atoms with Gasteiger partial charge >= 0.3 is 0 Å². The number of alkyl halides is 1. The van der Waals surface area contributed by atoms with Gasteiger partial charge in [-0.2, -0.15) is 0 Å².